The third-order valence-corrected chi connectivity index (χ3v) is 4.81. The number of carbonyl (C=O) groups is 1. The molecule has 0 aromatic heterocycles. The van der Waals surface area contributed by atoms with Crippen LogP contribution in [0.4, 0.5) is 4.79 Å². The highest BCUT2D eigenvalue weighted by molar-refractivity contribution is 5.74. The monoisotopic (exact) mass is 347 g/mol. The highest BCUT2D eigenvalue weighted by Crippen LogP contribution is 2.14. The van der Waals surface area contributed by atoms with Gasteiger partial charge in [-0.05, 0) is 44.2 Å². The number of hydrogen-bond acceptors (Lipinski definition) is 3. The molecule has 5 nitrogen and oxygen atoms in total. The van der Waals surface area contributed by atoms with Crippen LogP contribution in [0, 0.1) is 12.8 Å². The predicted octanol–water partition coefficient (Wildman–Crippen LogP) is 2.62. The molecule has 0 unspecified atom stereocenters. The van der Waals surface area contributed by atoms with Crippen molar-refractivity contribution >= 4 is 6.03 Å². The summed E-state index contributed by atoms with van der Waals surface area (Å²) in [6.07, 6.45) is 3.17. The number of hydrogen-bond donors (Lipinski definition) is 2. The molecule has 140 valence electrons. The van der Waals surface area contributed by atoms with Gasteiger partial charge in [0.2, 0.25) is 0 Å². The smallest absolute Gasteiger partial charge is 0.317 e. The van der Waals surface area contributed by atoms with Gasteiger partial charge in [-0.25, -0.2) is 4.79 Å². The summed E-state index contributed by atoms with van der Waals surface area (Å²) < 4.78 is 0. The number of aliphatic hydroxyl groups is 1. The summed E-state index contributed by atoms with van der Waals surface area (Å²) in [7, 11) is 0. The Kier molecular flexibility index (Phi) is 8.22. The minimum atomic E-state index is -0.0425. The SMILES string of the molecule is Cc1ccc(CN(CCCO)C(=O)NCCN2CCC[C@@H](C)C2)cc1. The minimum absolute atomic E-state index is 0.0425. The lowest BCUT2D eigenvalue weighted by molar-refractivity contribution is 0.172. The van der Waals surface area contributed by atoms with Crippen LogP contribution >= 0.6 is 0 Å². The molecule has 1 fully saturated rings. The van der Waals surface area contributed by atoms with Crippen molar-refractivity contribution in [2.24, 2.45) is 5.92 Å². The van der Waals surface area contributed by atoms with Crippen molar-refractivity contribution in [1.82, 2.24) is 15.1 Å². The van der Waals surface area contributed by atoms with Crippen molar-refractivity contribution in [1.29, 1.82) is 0 Å². The number of nitrogens with one attached hydrogen (secondary N) is 1. The van der Waals surface area contributed by atoms with Crippen molar-refractivity contribution in [2.75, 3.05) is 39.3 Å². The first kappa shape index (κ1) is 19.7. The Hall–Kier alpha value is -1.59. The molecular formula is C20H33N3O2. The summed E-state index contributed by atoms with van der Waals surface area (Å²) in [5.41, 5.74) is 2.33. The molecule has 0 spiro atoms. The van der Waals surface area contributed by atoms with Crippen LogP contribution in [0.5, 0.6) is 0 Å². The maximum absolute atomic E-state index is 12.5. The van der Waals surface area contributed by atoms with E-state index in [2.05, 4.69) is 48.3 Å². The number of piperidine rings is 1. The van der Waals surface area contributed by atoms with Crippen LogP contribution in [0.1, 0.15) is 37.3 Å². The molecule has 2 N–H and O–H groups in total. The second-order valence-electron chi connectivity index (χ2n) is 7.26. The Morgan fingerprint density at radius 2 is 2.12 bits per heavy atom. The lowest BCUT2D eigenvalue weighted by atomic mass is 10.0. The zero-order valence-corrected chi connectivity index (χ0v) is 15.7. The van der Waals surface area contributed by atoms with Crippen molar-refractivity contribution in [2.45, 2.75) is 39.7 Å². The molecule has 0 bridgehead atoms. The van der Waals surface area contributed by atoms with Gasteiger partial charge in [-0.3, -0.25) is 0 Å². The van der Waals surface area contributed by atoms with E-state index < -0.39 is 0 Å². The molecule has 1 heterocycles. The van der Waals surface area contributed by atoms with Crippen LogP contribution in [0.2, 0.25) is 0 Å². The van der Waals surface area contributed by atoms with Gasteiger partial charge in [0.15, 0.2) is 0 Å². The summed E-state index contributed by atoms with van der Waals surface area (Å²) in [4.78, 5) is 16.8. The molecule has 5 heteroatoms. The third kappa shape index (κ3) is 7.04. The number of aliphatic hydroxyl groups excluding tert-OH is 1. The Labute approximate surface area is 152 Å². The number of nitrogens with zero attached hydrogens (tertiary/aromatic N) is 2. The average molecular weight is 348 g/mol. The standard InChI is InChI=1S/C20H33N3O2/c1-17-6-8-19(9-7-17)16-23(12-4-14-24)20(25)21-10-13-22-11-3-5-18(2)15-22/h6-9,18,24H,3-5,10-16H2,1-2H3,(H,21,25)/t18-/m1/s1. The Balaban J connectivity index is 1.81. The first-order valence-corrected chi connectivity index (χ1v) is 9.50. The Morgan fingerprint density at radius 1 is 1.36 bits per heavy atom. The van der Waals surface area contributed by atoms with Gasteiger partial charge in [-0.15, -0.1) is 0 Å². The van der Waals surface area contributed by atoms with Crippen molar-refractivity contribution < 1.29 is 9.90 Å². The van der Waals surface area contributed by atoms with Crippen LogP contribution in [0.3, 0.4) is 0 Å². The number of benzene rings is 1. The molecule has 1 saturated heterocycles. The van der Waals surface area contributed by atoms with Gasteiger partial charge in [-0.1, -0.05) is 36.8 Å². The quantitative estimate of drug-likeness (QED) is 0.760. The zero-order valence-electron chi connectivity index (χ0n) is 15.7. The van der Waals surface area contributed by atoms with Gasteiger partial charge >= 0.3 is 6.03 Å². The molecule has 25 heavy (non-hydrogen) atoms. The van der Waals surface area contributed by atoms with Gasteiger partial charge in [0, 0.05) is 39.3 Å². The number of aryl methyl sites for hydroxylation is 1. The van der Waals surface area contributed by atoms with E-state index >= 15 is 0 Å². The first-order valence-electron chi connectivity index (χ1n) is 9.50. The second-order valence-corrected chi connectivity index (χ2v) is 7.26. The van der Waals surface area contributed by atoms with Crippen LogP contribution in [0.25, 0.3) is 0 Å². The lowest BCUT2D eigenvalue weighted by Gasteiger charge is -2.31. The summed E-state index contributed by atoms with van der Waals surface area (Å²) in [6, 6.07) is 8.20. The number of amides is 2. The molecule has 0 radical (unpaired) electrons. The van der Waals surface area contributed by atoms with Crippen LogP contribution in [-0.2, 0) is 6.54 Å². The molecule has 0 aliphatic carbocycles. The minimum Gasteiger partial charge on any atom is -0.396 e. The molecule has 1 atom stereocenters. The van der Waals surface area contributed by atoms with Crippen molar-refractivity contribution in [3.63, 3.8) is 0 Å². The number of rotatable bonds is 8. The fourth-order valence-corrected chi connectivity index (χ4v) is 3.35. The first-order chi connectivity index (χ1) is 12.1. The highest BCUT2D eigenvalue weighted by atomic mass is 16.3. The zero-order chi connectivity index (χ0) is 18.1. The highest BCUT2D eigenvalue weighted by Gasteiger charge is 2.17. The van der Waals surface area contributed by atoms with E-state index in [1.807, 2.05) is 0 Å². The number of urea groups is 1. The Morgan fingerprint density at radius 3 is 2.80 bits per heavy atom. The topological polar surface area (TPSA) is 55.8 Å². The normalized spacial score (nSPS) is 18.1. The molecular weight excluding hydrogens is 314 g/mol. The maximum atomic E-state index is 12.5. The summed E-state index contributed by atoms with van der Waals surface area (Å²) >= 11 is 0. The summed E-state index contributed by atoms with van der Waals surface area (Å²) in [5.74, 6) is 0.757. The summed E-state index contributed by atoms with van der Waals surface area (Å²) in [5, 5.41) is 12.2. The van der Waals surface area contributed by atoms with Gasteiger partial charge < -0.3 is 20.2 Å². The molecule has 2 rings (SSSR count). The average Bonchev–Trinajstić information content (AvgIpc) is 2.60. The lowest BCUT2D eigenvalue weighted by Crippen LogP contribution is -2.44. The Bertz CT molecular complexity index is 518. The molecule has 2 amide bonds. The fourth-order valence-electron chi connectivity index (χ4n) is 3.35. The maximum Gasteiger partial charge on any atom is 0.317 e. The molecule has 1 aromatic rings. The molecule has 1 aromatic carbocycles. The third-order valence-electron chi connectivity index (χ3n) is 4.81. The largest absolute Gasteiger partial charge is 0.396 e. The predicted molar refractivity (Wildman–Crippen MR) is 102 cm³/mol. The van der Waals surface area contributed by atoms with Crippen LogP contribution in [0.15, 0.2) is 24.3 Å². The van der Waals surface area contributed by atoms with Crippen LogP contribution in [-0.4, -0.2) is 60.3 Å². The fraction of sp³-hybridized carbons (Fsp3) is 0.650. The summed E-state index contributed by atoms with van der Waals surface area (Å²) in [6.45, 7) is 9.45. The molecule has 0 saturated carbocycles. The van der Waals surface area contributed by atoms with Gasteiger partial charge in [0.1, 0.15) is 0 Å². The van der Waals surface area contributed by atoms with E-state index in [1.165, 1.54) is 18.4 Å². The number of carbonyl (C=O) groups excluding carboxylic acids is 1. The molecule has 1 aliphatic rings. The van der Waals surface area contributed by atoms with Crippen LogP contribution < -0.4 is 5.32 Å². The van der Waals surface area contributed by atoms with E-state index in [9.17, 15) is 4.79 Å². The second kappa shape index (κ2) is 10.4. The van der Waals surface area contributed by atoms with E-state index in [0.29, 0.717) is 26.1 Å². The van der Waals surface area contributed by atoms with Crippen molar-refractivity contribution in [3.05, 3.63) is 35.4 Å². The van der Waals surface area contributed by atoms with Gasteiger partial charge in [-0.2, -0.15) is 0 Å². The van der Waals surface area contributed by atoms with Gasteiger partial charge in [0.25, 0.3) is 0 Å². The van der Waals surface area contributed by atoms with Crippen molar-refractivity contribution in [3.8, 4) is 0 Å². The van der Waals surface area contributed by atoms with Gasteiger partial charge in [0.05, 0.1) is 0 Å². The molecule has 1 aliphatic heterocycles. The van der Waals surface area contributed by atoms with E-state index in [-0.39, 0.29) is 12.6 Å². The van der Waals surface area contributed by atoms with E-state index in [1.54, 1.807) is 4.90 Å². The number of likely N-dealkylation sites (tertiary alicyclic amines) is 1. The van der Waals surface area contributed by atoms with E-state index in [0.717, 1.165) is 31.1 Å². The van der Waals surface area contributed by atoms with E-state index in [4.69, 9.17) is 5.11 Å².